The predicted molar refractivity (Wildman–Crippen MR) is 64.0 cm³/mol. The summed E-state index contributed by atoms with van der Waals surface area (Å²) in [6.07, 6.45) is 0. The number of rotatable bonds is 4. The zero-order chi connectivity index (χ0) is 12.3. The van der Waals surface area contributed by atoms with Crippen LogP contribution >= 0.6 is 0 Å². The van der Waals surface area contributed by atoms with E-state index in [-0.39, 0.29) is 5.92 Å². The number of hydrogen-bond donors (Lipinski definition) is 1. The van der Waals surface area contributed by atoms with E-state index in [0.29, 0.717) is 11.5 Å². The molecule has 0 heterocycles. The van der Waals surface area contributed by atoms with Crippen molar-refractivity contribution in [2.45, 2.75) is 26.4 Å². The molecular formula is C13H20O3. The number of aliphatic hydroxyl groups is 1. The molecule has 3 nitrogen and oxygen atoms in total. The van der Waals surface area contributed by atoms with E-state index in [2.05, 4.69) is 0 Å². The minimum Gasteiger partial charge on any atom is -0.493 e. The maximum Gasteiger partial charge on any atom is 0.161 e. The molecule has 1 rings (SSSR count). The first-order valence-corrected chi connectivity index (χ1v) is 5.38. The summed E-state index contributed by atoms with van der Waals surface area (Å²) in [7, 11) is 3.18. The molecule has 0 amide bonds. The van der Waals surface area contributed by atoms with Gasteiger partial charge in [-0.25, -0.2) is 0 Å². The minimum atomic E-state index is -0.862. The summed E-state index contributed by atoms with van der Waals surface area (Å²) in [5.41, 5.74) is -0.0281. The van der Waals surface area contributed by atoms with Crippen LogP contribution in [0.4, 0.5) is 0 Å². The molecular weight excluding hydrogens is 204 g/mol. The second kappa shape index (κ2) is 4.74. The molecule has 0 aliphatic heterocycles. The van der Waals surface area contributed by atoms with Crippen LogP contribution in [0.2, 0.25) is 0 Å². The number of hydrogen-bond acceptors (Lipinski definition) is 3. The smallest absolute Gasteiger partial charge is 0.161 e. The van der Waals surface area contributed by atoms with E-state index in [9.17, 15) is 5.11 Å². The van der Waals surface area contributed by atoms with Crippen molar-refractivity contribution >= 4 is 0 Å². The van der Waals surface area contributed by atoms with Crippen molar-refractivity contribution in [2.75, 3.05) is 14.2 Å². The fourth-order valence-corrected chi connectivity index (χ4v) is 1.48. The first kappa shape index (κ1) is 12.8. The molecule has 1 atom stereocenters. The Bertz CT molecular complexity index is 356. The van der Waals surface area contributed by atoms with Gasteiger partial charge in [0.15, 0.2) is 11.5 Å². The topological polar surface area (TPSA) is 38.7 Å². The lowest BCUT2D eigenvalue weighted by molar-refractivity contribution is 0.00883. The second-order valence-electron chi connectivity index (χ2n) is 4.37. The fourth-order valence-electron chi connectivity index (χ4n) is 1.48. The molecule has 0 aliphatic rings. The van der Waals surface area contributed by atoms with E-state index in [1.807, 2.05) is 32.0 Å². The summed E-state index contributed by atoms with van der Waals surface area (Å²) in [6.45, 7) is 5.77. The summed E-state index contributed by atoms with van der Waals surface area (Å²) in [5, 5.41) is 10.4. The number of methoxy groups -OCH3 is 2. The van der Waals surface area contributed by atoms with Gasteiger partial charge in [-0.05, 0) is 30.5 Å². The Morgan fingerprint density at radius 1 is 1.12 bits per heavy atom. The van der Waals surface area contributed by atoms with E-state index in [1.165, 1.54) is 0 Å². The highest BCUT2D eigenvalue weighted by atomic mass is 16.5. The molecule has 1 aromatic carbocycles. The standard InChI is InChI=1S/C13H20O3/c1-9(2)13(3,14)10-6-7-11(15-4)12(8-10)16-5/h6-9,14H,1-5H3/t13-/m1/s1. The van der Waals surface area contributed by atoms with Gasteiger partial charge in [0.1, 0.15) is 0 Å². The van der Waals surface area contributed by atoms with Crippen molar-refractivity contribution in [3.05, 3.63) is 23.8 Å². The Labute approximate surface area is 97.0 Å². The lowest BCUT2D eigenvalue weighted by atomic mass is 9.85. The third-order valence-corrected chi connectivity index (χ3v) is 3.09. The monoisotopic (exact) mass is 224 g/mol. The normalized spacial score (nSPS) is 14.7. The number of ether oxygens (including phenoxy) is 2. The molecule has 1 aromatic rings. The quantitative estimate of drug-likeness (QED) is 0.854. The van der Waals surface area contributed by atoms with Crippen molar-refractivity contribution in [3.63, 3.8) is 0 Å². The molecule has 0 saturated heterocycles. The van der Waals surface area contributed by atoms with Crippen LogP contribution < -0.4 is 9.47 Å². The highest BCUT2D eigenvalue weighted by Gasteiger charge is 2.28. The van der Waals surface area contributed by atoms with Gasteiger partial charge in [-0.15, -0.1) is 0 Å². The summed E-state index contributed by atoms with van der Waals surface area (Å²) < 4.78 is 10.4. The number of benzene rings is 1. The predicted octanol–water partition coefficient (Wildman–Crippen LogP) is 2.57. The maximum absolute atomic E-state index is 10.4. The SMILES string of the molecule is COc1ccc([C@](C)(O)C(C)C)cc1OC. The lowest BCUT2D eigenvalue weighted by Crippen LogP contribution is -2.27. The zero-order valence-electron chi connectivity index (χ0n) is 10.6. The van der Waals surface area contributed by atoms with Crippen molar-refractivity contribution in [2.24, 2.45) is 5.92 Å². The molecule has 0 aromatic heterocycles. The average Bonchev–Trinajstić information content (AvgIpc) is 2.27. The zero-order valence-corrected chi connectivity index (χ0v) is 10.6. The van der Waals surface area contributed by atoms with Gasteiger partial charge in [0, 0.05) is 0 Å². The molecule has 0 radical (unpaired) electrons. The van der Waals surface area contributed by atoms with Crippen LogP contribution in [0.15, 0.2) is 18.2 Å². The van der Waals surface area contributed by atoms with Gasteiger partial charge in [-0.1, -0.05) is 19.9 Å². The van der Waals surface area contributed by atoms with Crippen molar-refractivity contribution in [1.29, 1.82) is 0 Å². The summed E-state index contributed by atoms with van der Waals surface area (Å²) in [5.74, 6) is 1.44. The van der Waals surface area contributed by atoms with Crippen molar-refractivity contribution in [3.8, 4) is 11.5 Å². The van der Waals surface area contributed by atoms with Crippen LogP contribution in [-0.4, -0.2) is 19.3 Å². The average molecular weight is 224 g/mol. The highest BCUT2D eigenvalue weighted by molar-refractivity contribution is 5.44. The minimum absolute atomic E-state index is 0.130. The van der Waals surface area contributed by atoms with Gasteiger partial charge >= 0.3 is 0 Å². The fraction of sp³-hybridized carbons (Fsp3) is 0.538. The molecule has 16 heavy (non-hydrogen) atoms. The molecule has 0 saturated carbocycles. The Morgan fingerprint density at radius 3 is 2.12 bits per heavy atom. The van der Waals surface area contributed by atoms with Gasteiger partial charge in [0.2, 0.25) is 0 Å². The largest absolute Gasteiger partial charge is 0.493 e. The van der Waals surface area contributed by atoms with E-state index in [1.54, 1.807) is 21.1 Å². The van der Waals surface area contributed by atoms with Crippen LogP contribution in [0.1, 0.15) is 26.3 Å². The highest BCUT2D eigenvalue weighted by Crippen LogP contribution is 2.35. The van der Waals surface area contributed by atoms with Gasteiger partial charge in [0.05, 0.1) is 19.8 Å². The first-order valence-electron chi connectivity index (χ1n) is 5.38. The molecule has 3 heteroatoms. The summed E-state index contributed by atoms with van der Waals surface area (Å²) in [4.78, 5) is 0. The van der Waals surface area contributed by atoms with Gasteiger partial charge < -0.3 is 14.6 Å². The van der Waals surface area contributed by atoms with Crippen LogP contribution in [0.5, 0.6) is 11.5 Å². The van der Waals surface area contributed by atoms with E-state index >= 15 is 0 Å². The van der Waals surface area contributed by atoms with Gasteiger partial charge in [0.25, 0.3) is 0 Å². The Kier molecular flexibility index (Phi) is 3.81. The van der Waals surface area contributed by atoms with Crippen LogP contribution in [0.25, 0.3) is 0 Å². The molecule has 90 valence electrons. The first-order chi connectivity index (χ1) is 7.43. The molecule has 0 aliphatic carbocycles. The lowest BCUT2D eigenvalue weighted by Gasteiger charge is -2.28. The van der Waals surface area contributed by atoms with Crippen LogP contribution in [-0.2, 0) is 5.60 Å². The Morgan fingerprint density at radius 2 is 1.69 bits per heavy atom. The van der Waals surface area contributed by atoms with Crippen molar-refractivity contribution < 1.29 is 14.6 Å². The molecule has 1 N–H and O–H groups in total. The molecule has 0 fully saturated rings. The Hall–Kier alpha value is -1.22. The third kappa shape index (κ3) is 2.30. The van der Waals surface area contributed by atoms with Gasteiger partial charge in [-0.2, -0.15) is 0 Å². The van der Waals surface area contributed by atoms with E-state index in [0.717, 1.165) is 5.56 Å². The maximum atomic E-state index is 10.4. The van der Waals surface area contributed by atoms with Crippen molar-refractivity contribution in [1.82, 2.24) is 0 Å². The molecule has 0 spiro atoms. The van der Waals surface area contributed by atoms with Crippen LogP contribution in [0, 0.1) is 5.92 Å². The summed E-state index contributed by atoms with van der Waals surface area (Å²) in [6, 6.07) is 5.49. The molecule has 0 unspecified atom stereocenters. The van der Waals surface area contributed by atoms with Crippen LogP contribution in [0.3, 0.4) is 0 Å². The molecule has 0 bridgehead atoms. The summed E-state index contributed by atoms with van der Waals surface area (Å²) >= 11 is 0. The van der Waals surface area contributed by atoms with E-state index < -0.39 is 5.60 Å². The van der Waals surface area contributed by atoms with E-state index in [4.69, 9.17) is 9.47 Å². The van der Waals surface area contributed by atoms with Gasteiger partial charge in [-0.3, -0.25) is 0 Å². The second-order valence-corrected chi connectivity index (χ2v) is 4.37. The third-order valence-electron chi connectivity index (χ3n) is 3.09. The Balaban J connectivity index is 3.17.